The Morgan fingerprint density at radius 2 is 2.00 bits per heavy atom. The molecule has 0 spiro atoms. The van der Waals surface area contributed by atoms with Gasteiger partial charge < -0.3 is 9.73 Å². The highest BCUT2D eigenvalue weighted by molar-refractivity contribution is 5.91. The van der Waals surface area contributed by atoms with Crippen molar-refractivity contribution in [3.63, 3.8) is 0 Å². The molecule has 23 heavy (non-hydrogen) atoms. The van der Waals surface area contributed by atoms with Crippen LogP contribution < -0.4 is 5.32 Å². The molecule has 5 nitrogen and oxygen atoms in total. The maximum atomic E-state index is 5.74. The van der Waals surface area contributed by atoms with Crippen molar-refractivity contribution < 1.29 is 4.42 Å². The van der Waals surface area contributed by atoms with E-state index in [-0.39, 0.29) is 5.41 Å². The molecule has 0 aliphatic rings. The van der Waals surface area contributed by atoms with Gasteiger partial charge in [0.15, 0.2) is 11.5 Å². The molecule has 116 valence electrons. The fourth-order valence-corrected chi connectivity index (χ4v) is 2.77. The summed E-state index contributed by atoms with van der Waals surface area (Å²) in [6.07, 6.45) is 3.59. The van der Waals surface area contributed by atoms with Gasteiger partial charge in [-0.3, -0.25) is 5.10 Å². The summed E-state index contributed by atoms with van der Waals surface area (Å²) < 4.78 is 5.74. The highest BCUT2D eigenvalue weighted by Crippen LogP contribution is 2.33. The zero-order valence-corrected chi connectivity index (χ0v) is 13.3. The van der Waals surface area contributed by atoms with Crippen LogP contribution in [0.4, 0.5) is 11.5 Å². The van der Waals surface area contributed by atoms with Crippen molar-refractivity contribution in [3.8, 4) is 0 Å². The van der Waals surface area contributed by atoms with E-state index in [0.29, 0.717) is 0 Å². The number of fused-ring (bicyclic) bond motifs is 2. The number of hydrogen-bond acceptors (Lipinski definition) is 4. The normalized spacial score (nSPS) is 12.1. The molecule has 0 saturated heterocycles. The number of aromatic nitrogens is 3. The summed E-state index contributed by atoms with van der Waals surface area (Å²) >= 11 is 0. The number of benzene rings is 1. The Hall–Kier alpha value is -2.82. The van der Waals surface area contributed by atoms with Crippen LogP contribution in [0.25, 0.3) is 22.0 Å². The van der Waals surface area contributed by atoms with Crippen molar-refractivity contribution >= 4 is 33.5 Å². The minimum absolute atomic E-state index is 0.0598. The molecule has 0 saturated carbocycles. The second-order valence-electron chi connectivity index (χ2n) is 6.71. The molecular formula is C18H18N4O. The number of nitrogens with zero attached hydrogens (tertiary/aromatic N) is 2. The number of H-pyrrole nitrogens is 1. The third kappa shape index (κ3) is 2.34. The first kappa shape index (κ1) is 13.8. The van der Waals surface area contributed by atoms with E-state index in [1.165, 1.54) is 5.56 Å². The Balaban J connectivity index is 1.73. The van der Waals surface area contributed by atoms with Crippen molar-refractivity contribution in [2.24, 2.45) is 0 Å². The van der Waals surface area contributed by atoms with Crippen LogP contribution in [-0.2, 0) is 5.41 Å². The molecule has 0 radical (unpaired) electrons. The molecule has 4 aromatic rings. The smallest absolute Gasteiger partial charge is 0.161 e. The molecule has 3 aromatic heterocycles. The van der Waals surface area contributed by atoms with Gasteiger partial charge in [0.2, 0.25) is 0 Å². The predicted molar refractivity (Wildman–Crippen MR) is 92.1 cm³/mol. The minimum Gasteiger partial charge on any atom is -0.464 e. The summed E-state index contributed by atoms with van der Waals surface area (Å²) in [6, 6.07) is 10.0. The Morgan fingerprint density at radius 1 is 1.13 bits per heavy atom. The molecule has 5 heteroatoms. The maximum Gasteiger partial charge on any atom is 0.161 e. The summed E-state index contributed by atoms with van der Waals surface area (Å²) in [5.41, 5.74) is 3.85. The van der Waals surface area contributed by atoms with Crippen molar-refractivity contribution in [2.75, 3.05) is 5.32 Å². The molecule has 1 aromatic carbocycles. The third-order valence-corrected chi connectivity index (χ3v) is 3.98. The van der Waals surface area contributed by atoms with Gasteiger partial charge in [0.25, 0.3) is 0 Å². The number of nitrogens with one attached hydrogen (secondary N) is 2. The SMILES string of the molecule is CC(C)(C)c1coc2cc(Nc3n[nH]c4ncccc34)ccc12. The van der Waals surface area contributed by atoms with Gasteiger partial charge >= 0.3 is 0 Å². The molecule has 0 fully saturated rings. The molecule has 0 amide bonds. The van der Waals surface area contributed by atoms with Crippen LogP contribution in [0.15, 0.2) is 47.2 Å². The van der Waals surface area contributed by atoms with E-state index < -0.39 is 0 Å². The van der Waals surface area contributed by atoms with E-state index in [1.54, 1.807) is 6.20 Å². The molecule has 0 bridgehead atoms. The van der Waals surface area contributed by atoms with Crippen LogP contribution in [-0.4, -0.2) is 15.2 Å². The monoisotopic (exact) mass is 306 g/mol. The summed E-state index contributed by atoms with van der Waals surface area (Å²) in [5, 5.41) is 12.6. The first-order chi connectivity index (χ1) is 11.0. The average molecular weight is 306 g/mol. The highest BCUT2D eigenvalue weighted by atomic mass is 16.3. The number of hydrogen-bond donors (Lipinski definition) is 2. The molecule has 0 unspecified atom stereocenters. The minimum atomic E-state index is 0.0598. The van der Waals surface area contributed by atoms with Gasteiger partial charge in [0, 0.05) is 28.9 Å². The fraction of sp³-hybridized carbons (Fsp3) is 0.222. The topological polar surface area (TPSA) is 66.7 Å². The van der Waals surface area contributed by atoms with Crippen LogP contribution >= 0.6 is 0 Å². The summed E-state index contributed by atoms with van der Waals surface area (Å²) in [7, 11) is 0. The number of rotatable bonds is 2. The molecule has 2 N–H and O–H groups in total. The number of pyridine rings is 1. The van der Waals surface area contributed by atoms with Crippen LogP contribution in [0, 0.1) is 0 Å². The number of aromatic amines is 1. The zero-order chi connectivity index (χ0) is 16.0. The average Bonchev–Trinajstić information content (AvgIpc) is 3.11. The van der Waals surface area contributed by atoms with E-state index in [9.17, 15) is 0 Å². The number of furan rings is 1. The van der Waals surface area contributed by atoms with Crippen molar-refractivity contribution in [3.05, 3.63) is 48.4 Å². The second-order valence-corrected chi connectivity index (χ2v) is 6.71. The number of anilines is 2. The lowest BCUT2D eigenvalue weighted by molar-refractivity contribution is 0.557. The molecule has 0 atom stereocenters. The van der Waals surface area contributed by atoms with Crippen LogP contribution in [0.1, 0.15) is 26.3 Å². The van der Waals surface area contributed by atoms with Crippen molar-refractivity contribution in [1.29, 1.82) is 0 Å². The predicted octanol–water partition coefficient (Wildman–Crippen LogP) is 4.75. The van der Waals surface area contributed by atoms with Gasteiger partial charge in [-0.1, -0.05) is 20.8 Å². The molecular weight excluding hydrogens is 288 g/mol. The Bertz CT molecular complexity index is 991. The summed E-state index contributed by atoms with van der Waals surface area (Å²) in [6.45, 7) is 6.56. The molecule has 0 aliphatic carbocycles. The zero-order valence-electron chi connectivity index (χ0n) is 13.3. The molecule has 0 aliphatic heterocycles. The Morgan fingerprint density at radius 3 is 2.83 bits per heavy atom. The van der Waals surface area contributed by atoms with Crippen LogP contribution in [0.2, 0.25) is 0 Å². The van der Waals surface area contributed by atoms with E-state index >= 15 is 0 Å². The summed E-state index contributed by atoms with van der Waals surface area (Å²) in [4.78, 5) is 4.25. The Labute approximate surface area is 133 Å². The van der Waals surface area contributed by atoms with Gasteiger partial charge in [-0.25, -0.2) is 4.98 Å². The lowest BCUT2D eigenvalue weighted by Gasteiger charge is -2.16. The van der Waals surface area contributed by atoms with Gasteiger partial charge in [0.1, 0.15) is 5.58 Å². The standard InChI is InChI=1S/C18H18N4O/c1-18(2,3)14-10-23-15-9-11(6-7-12(14)15)20-17-13-5-4-8-19-16(13)21-22-17/h4-10H,1-3H3,(H2,19,20,21,22). The highest BCUT2D eigenvalue weighted by Gasteiger charge is 2.19. The van der Waals surface area contributed by atoms with Crippen molar-refractivity contribution in [1.82, 2.24) is 15.2 Å². The van der Waals surface area contributed by atoms with E-state index in [0.717, 1.165) is 33.5 Å². The van der Waals surface area contributed by atoms with E-state index in [1.807, 2.05) is 30.5 Å². The van der Waals surface area contributed by atoms with Crippen molar-refractivity contribution in [2.45, 2.75) is 26.2 Å². The van der Waals surface area contributed by atoms with Gasteiger partial charge in [-0.2, -0.15) is 5.10 Å². The molecule has 3 heterocycles. The first-order valence-corrected chi connectivity index (χ1v) is 7.60. The van der Waals surface area contributed by atoms with Crippen LogP contribution in [0.3, 0.4) is 0 Å². The third-order valence-electron chi connectivity index (χ3n) is 3.98. The fourth-order valence-electron chi connectivity index (χ4n) is 2.77. The van der Waals surface area contributed by atoms with E-state index in [2.05, 4.69) is 47.3 Å². The van der Waals surface area contributed by atoms with E-state index in [4.69, 9.17) is 4.42 Å². The lowest BCUT2D eigenvalue weighted by Crippen LogP contribution is -2.09. The molecule has 4 rings (SSSR count). The summed E-state index contributed by atoms with van der Waals surface area (Å²) in [5.74, 6) is 0.759. The Kier molecular flexibility index (Phi) is 2.91. The maximum absolute atomic E-state index is 5.74. The van der Waals surface area contributed by atoms with Gasteiger partial charge in [0.05, 0.1) is 11.6 Å². The lowest BCUT2D eigenvalue weighted by atomic mass is 9.87. The van der Waals surface area contributed by atoms with Crippen LogP contribution in [0.5, 0.6) is 0 Å². The first-order valence-electron chi connectivity index (χ1n) is 7.60. The second kappa shape index (κ2) is 4.84. The van der Waals surface area contributed by atoms with Gasteiger partial charge in [-0.15, -0.1) is 0 Å². The largest absolute Gasteiger partial charge is 0.464 e. The van der Waals surface area contributed by atoms with Gasteiger partial charge in [-0.05, 0) is 29.7 Å². The quantitative estimate of drug-likeness (QED) is 0.561.